The molecule has 0 unspecified atom stereocenters. The van der Waals surface area contributed by atoms with Crippen LogP contribution in [-0.2, 0) is 6.42 Å². The predicted octanol–water partition coefficient (Wildman–Crippen LogP) is 0.694. The third-order valence-electron chi connectivity index (χ3n) is 1.48. The molecule has 5 nitrogen and oxygen atoms in total. The van der Waals surface area contributed by atoms with Gasteiger partial charge in [-0.2, -0.15) is 4.37 Å². The van der Waals surface area contributed by atoms with E-state index in [0.717, 1.165) is 10.8 Å². The molecule has 2 rings (SSSR count). The number of oxazole rings is 1. The molecular weight excluding hydrogens is 188 g/mol. The highest BCUT2D eigenvalue weighted by molar-refractivity contribution is 7.09. The fraction of sp³-hybridized carbons (Fsp3) is 0.286. The van der Waals surface area contributed by atoms with Crippen LogP contribution in [0.5, 0.6) is 0 Å². The molecule has 2 N–H and O–H groups in total. The second-order valence-corrected chi connectivity index (χ2v) is 3.17. The number of aromatic nitrogens is 3. The summed E-state index contributed by atoms with van der Waals surface area (Å²) in [5.74, 6) is 1.42. The summed E-state index contributed by atoms with van der Waals surface area (Å²) in [6.45, 7) is 0.562. The molecular formula is C7H8N4OS. The second kappa shape index (κ2) is 3.63. The van der Waals surface area contributed by atoms with E-state index in [4.69, 9.17) is 10.2 Å². The summed E-state index contributed by atoms with van der Waals surface area (Å²) in [6, 6.07) is 0. The summed E-state index contributed by atoms with van der Waals surface area (Å²) >= 11 is 1.30. The van der Waals surface area contributed by atoms with Gasteiger partial charge in [-0.25, -0.2) is 9.97 Å². The third-order valence-corrected chi connectivity index (χ3v) is 2.25. The maximum atomic E-state index is 5.38. The van der Waals surface area contributed by atoms with Gasteiger partial charge in [0.25, 0.3) is 0 Å². The number of hydrogen-bond donors (Lipinski definition) is 1. The van der Waals surface area contributed by atoms with Crippen LogP contribution in [-0.4, -0.2) is 20.9 Å². The first kappa shape index (κ1) is 8.33. The van der Waals surface area contributed by atoms with Gasteiger partial charge in [0.05, 0.1) is 6.20 Å². The maximum absolute atomic E-state index is 5.38. The average Bonchev–Trinajstić information content (AvgIpc) is 2.70. The van der Waals surface area contributed by atoms with Crippen LogP contribution in [0.2, 0.25) is 0 Å². The summed E-state index contributed by atoms with van der Waals surface area (Å²) in [5, 5.41) is 0.751. The van der Waals surface area contributed by atoms with E-state index in [1.807, 2.05) is 0 Å². The fourth-order valence-electron chi connectivity index (χ4n) is 0.906. The van der Waals surface area contributed by atoms with Gasteiger partial charge in [-0.3, -0.25) is 0 Å². The Morgan fingerprint density at radius 3 is 3.15 bits per heavy atom. The van der Waals surface area contributed by atoms with Crippen molar-refractivity contribution in [3.8, 4) is 10.8 Å². The zero-order valence-corrected chi connectivity index (χ0v) is 7.62. The molecule has 2 aromatic heterocycles. The van der Waals surface area contributed by atoms with Gasteiger partial charge in [0, 0.05) is 6.42 Å². The molecule has 0 saturated carbocycles. The Balaban J connectivity index is 2.23. The minimum absolute atomic E-state index is 0.562. The maximum Gasteiger partial charge on any atom is 0.184 e. The van der Waals surface area contributed by atoms with Crippen molar-refractivity contribution >= 4 is 11.5 Å². The van der Waals surface area contributed by atoms with Crippen molar-refractivity contribution in [1.82, 2.24) is 14.3 Å². The Morgan fingerprint density at radius 1 is 1.54 bits per heavy atom. The first-order valence-electron chi connectivity index (χ1n) is 3.81. The quantitative estimate of drug-likeness (QED) is 0.781. The molecule has 0 aliphatic heterocycles. The molecule has 6 heteroatoms. The van der Waals surface area contributed by atoms with E-state index in [1.54, 1.807) is 6.20 Å². The lowest BCUT2D eigenvalue weighted by atomic mass is 10.4. The third kappa shape index (κ3) is 1.73. The van der Waals surface area contributed by atoms with Crippen molar-refractivity contribution in [2.45, 2.75) is 6.42 Å². The molecule has 0 aliphatic rings. The van der Waals surface area contributed by atoms with Crippen LogP contribution in [0.1, 0.15) is 5.82 Å². The van der Waals surface area contributed by atoms with E-state index in [0.29, 0.717) is 18.7 Å². The van der Waals surface area contributed by atoms with Gasteiger partial charge < -0.3 is 10.2 Å². The lowest BCUT2D eigenvalue weighted by Gasteiger charge is -1.86. The van der Waals surface area contributed by atoms with Gasteiger partial charge in [0.15, 0.2) is 17.2 Å². The lowest BCUT2D eigenvalue weighted by molar-refractivity contribution is 0.571. The van der Waals surface area contributed by atoms with Crippen LogP contribution in [0.15, 0.2) is 17.0 Å². The van der Waals surface area contributed by atoms with Gasteiger partial charge in [-0.15, -0.1) is 0 Å². The molecule has 0 aromatic carbocycles. The molecule has 0 amide bonds. The molecule has 0 atom stereocenters. The van der Waals surface area contributed by atoms with Crippen LogP contribution in [0.25, 0.3) is 10.8 Å². The van der Waals surface area contributed by atoms with E-state index >= 15 is 0 Å². The Labute approximate surface area is 78.8 Å². The van der Waals surface area contributed by atoms with Crippen molar-refractivity contribution in [3.63, 3.8) is 0 Å². The fourth-order valence-corrected chi connectivity index (χ4v) is 1.57. The van der Waals surface area contributed by atoms with Gasteiger partial charge in [-0.1, -0.05) is 0 Å². The van der Waals surface area contributed by atoms with Crippen molar-refractivity contribution in [1.29, 1.82) is 0 Å². The molecule has 0 aliphatic carbocycles. The molecule has 0 radical (unpaired) electrons. The minimum atomic E-state index is 0.562. The van der Waals surface area contributed by atoms with E-state index in [9.17, 15) is 0 Å². The monoisotopic (exact) mass is 196 g/mol. The molecule has 0 fully saturated rings. The Kier molecular flexibility index (Phi) is 2.33. The highest BCUT2D eigenvalue weighted by Gasteiger charge is 2.08. The normalized spacial score (nSPS) is 10.5. The summed E-state index contributed by atoms with van der Waals surface area (Å²) in [4.78, 5) is 8.04. The van der Waals surface area contributed by atoms with Crippen molar-refractivity contribution in [2.75, 3.05) is 6.54 Å². The Morgan fingerprint density at radius 2 is 2.46 bits per heavy atom. The standard InChI is InChI=1S/C7H8N4OS/c8-2-1-6-10-7(13-11-6)5-3-9-4-12-5/h3-4H,1-2,8H2. The lowest BCUT2D eigenvalue weighted by Crippen LogP contribution is -2.03. The van der Waals surface area contributed by atoms with E-state index in [1.165, 1.54) is 17.9 Å². The van der Waals surface area contributed by atoms with Crippen LogP contribution in [0.3, 0.4) is 0 Å². The highest BCUT2D eigenvalue weighted by Crippen LogP contribution is 2.20. The molecule has 68 valence electrons. The van der Waals surface area contributed by atoms with E-state index < -0.39 is 0 Å². The number of hydrogen-bond acceptors (Lipinski definition) is 6. The minimum Gasteiger partial charge on any atom is -0.441 e. The van der Waals surface area contributed by atoms with Crippen LogP contribution < -0.4 is 5.73 Å². The first-order chi connectivity index (χ1) is 6.40. The van der Waals surface area contributed by atoms with Crippen molar-refractivity contribution in [3.05, 3.63) is 18.4 Å². The molecule has 2 heterocycles. The smallest absolute Gasteiger partial charge is 0.184 e. The average molecular weight is 196 g/mol. The van der Waals surface area contributed by atoms with Crippen LogP contribution in [0, 0.1) is 0 Å². The van der Waals surface area contributed by atoms with E-state index in [2.05, 4.69) is 14.3 Å². The molecule has 13 heavy (non-hydrogen) atoms. The van der Waals surface area contributed by atoms with Gasteiger partial charge in [0.1, 0.15) is 5.82 Å². The zero-order valence-electron chi connectivity index (χ0n) is 6.80. The SMILES string of the molecule is NCCc1nsc(-c2cnco2)n1. The largest absolute Gasteiger partial charge is 0.441 e. The zero-order chi connectivity index (χ0) is 9.10. The second-order valence-electron chi connectivity index (χ2n) is 2.42. The Hall–Kier alpha value is -1.27. The highest BCUT2D eigenvalue weighted by atomic mass is 32.1. The molecule has 0 saturated heterocycles. The summed E-state index contributed by atoms with van der Waals surface area (Å²) in [6.07, 6.45) is 3.69. The number of nitrogens with zero attached hydrogens (tertiary/aromatic N) is 3. The molecule has 0 bridgehead atoms. The number of rotatable bonds is 3. The van der Waals surface area contributed by atoms with E-state index in [-0.39, 0.29) is 0 Å². The summed E-state index contributed by atoms with van der Waals surface area (Å²) in [5.41, 5.74) is 5.38. The van der Waals surface area contributed by atoms with Gasteiger partial charge in [0.2, 0.25) is 0 Å². The van der Waals surface area contributed by atoms with Gasteiger partial charge in [-0.05, 0) is 18.1 Å². The Bertz CT molecular complexity index is 370. The van der Waals surface area contributed by atoms with Crippen LogP contribution >= 0.6 is 11.5 Å². The van der Waals surface area contributed by atoms with Gasteiger partial charge >= 0.3 is 0 Å². The van der Waals surface area contributed by atoms with Crippen molar-refractivity contribution in [2.24, 2.45) is 5.73 Å². The molecule has 2 aromatic rings. The first-order valence-corrected chi connectivity index (χ1v) is 4.59. The van der Waals surface area contributed by atoms with Crippen molar-refractivity contribution < 1.29 is 4.42 Å². The topological polar surface area (TPSA) is 77.8 Å². The predicted molar refractivity (Wildman–Crippen MR) is 48.2 cm³/mol. The summed E-state index contributed by atoms with van der Waals surface area (Å²) < 4.78 is 9.20. The molecule has 0 spiro atoms. The van der Waals surface area contributed by atoms with Crippen LogP contribution in [0.4, 0.5) is 0 Å². The summed E-state index contributed by atoms with van der Waals surface area (Å²) in [7, 11) is 0. The number of nitrogens with two attached hydrogens (primary N) is 1.